The summed E-state index contributed by atoms with van der Waals surface area (Å²) in [5, 5.41) is 0. The first-order valence-electron chi connectivity index (χ1n) is 15.1. The Labute approximate surface area is 221 Å². The number of hydrogen-bond donors (Lipinski definition) is 1. The summed E-state index contributed by atoms with van der Waals surface area (Å²) in [6.07, 6.45) is 8.80. The summed E-state index contributed by atoms with van der Waals surface area (Å²) in [5.74, 6) is -0.645. The molecule has 1 aliphatic carbocycles. The molecule has 0 amide bonds. The number of carbonyl (C=O) groups excluding carboxylic acids is 1. The summed E-state index contributed by atoms with van der Waals surface area (Å²) in [5.41, 5.74) is -2.27. The SMILES string of the molecule is [2H]C([2H])([2H])C(c1cc(C2=CC=CCC2=O)cc(/C=C/c2ccc(NS(C)(=O)=O)cc2COC)c1OC)(C([2H])([2H])[2H])C([2H])([2H])[2H]. The minimum absolute atomic E-state index is 0.0373. The van der Waals surface area contributed by atoms with Crippen LogP contribution < -0.4 is 9.46 Å². The number of benzene rings is 2. The summed E-state index contributed by atoms with van der Waals surface area (Å²) in [6, 6.07) is 7.27. The van der Waals surface area contributed by atoms with E-state index in [-0.39, 0.29) is 46.9 Å². The fourth-order valence-electron chi connectivity index (χ4n) is 3.74. The second-order valence-electron chi connectivity index (χ2n) is 8.09. The quantitative estimate of drug-likeness (QED) is 0.474. The fourth-order valence-corrected chi connectivity index (χ4v) is 4.30. The molecule has 0 aliphatic heterocycles. The van der Waals surface area contributed by atoms with Gasteiger partial charge in [-0.3, -0.25) is 9.52 Å². The van der Waals surface area contributed by atoms with E-state index in [0.717, 1.165) is 19.4 Å². The summed E-state index contributed by atoms with van der Waals surface area (Å²) in [6.45, 7) is -10.6. The van der Waals surface area contributed by atoms with Gasteiger partial charge in [0.1, 0.15) is 5.75 Å². The Kier molecular flexibility index (Phi) is 5.01. The highest BCUT2D eigenvalue weighted by Gasteiger charge is 2.24. The smallest absolute Gasteiger partial charge is 0.229 e. The molecule has 2 aromatic carbocycles. The summed E-state index contributed by atoms with van der Waals surface area (Å²) >= 11 is 0. The van der Waals surface area contributed by atoms with Crippen molar-refractivity contribution in [3.05, 3.63) is 76.4 Å². The number of rotatable bonds is 8. The van der Waals surface area contributed by atoms with E-state index in [1.54, 1.807) is 30.4 Å². The molecule has 0 heterocycles. The Hall–Kier alpha value is -3.16. The van der Waals surface area contributed by atoms with Crippen molar-refractivity contribution in [2.45, 2.75) is 39.0 Å². The summed E-state index contributed by atoms with van der Waals surface area (Å²) in [7, 11) is -0.952. The molecule has 35 heavy (non-hydrogen) atoms. The number of Topliss-reactive ketones (excluding diaryl/α,β-unsaturated/α-hetero) is 1. The second kappa shape index (κ2) is 10.6. The highest BCUT2D eigenvalue weighted by molar-refractivity contribution is 7.92. The Morgan fingerprint density at radius 3 is 2.49 bits per heavy atom. The molecule has 0 atom stereocenters. The predicted octanol–water partition coefficient (Wildman–Crippen LogP) is 5.59. The van der Waals surface area contributed by atoms with Crippen LogP contribution in [0, 0.1) is 0 Å². The highest BCUT2D eigenvalue weighted by Crippen LogP contribution is 2.38. The third-order valence-electron chi connectivity index (χ3n) is 5.23. The van der Waals surface area contributed by atoms with Gasteiger partial charge in [0.15, 0.2) is 5.78 Å². The molecule has 0 bridgehead atoms. The number of allylic oxidation sites excluding steroid dienone is 4. The molecule has 0 radical (unpaired) electrons. The maximum Gasteiger partial charge on any atom is 0.229 e. The van der Waals surface area contributed by atoms with E-state index in [1.165, 1.54) is 31.4 Å². The lowest BCUT2D eigenvalue weighted by Gasteiger charge is -2.25. The van der Waals surface area contributed by atoms with Crippen LogP contribution in [0.25, 0.3) is 17.7 Å². The fraction of sp³-hybridized carbons (Fsp3) is 0.321. The van der Waals surface area contributed by atoms with E-state index in [0.29, 0.717) is 11.1 Å². The maximum absolute atomic E-state index is 12.9. The molecule has 0 saturated heterocycles. The standard InChI is InChI=1S/C28H33NO5S/c1-28(2,3)25-17-21(24-9-7-8-10-26(24)30)15-20(27(25)34-5)12-11-19-13-14-23(29-35(6,31)32)16-22(19)18-33-4/h7-9,11-17,29H,10,18H2,1-6H3/b12-11+/i1D3,2D3,3D3. The molecule has 0 saturated carbocycles. The first-order valence-corrected chi connectivity index (χ1v) is 12.5. The summed E-state index contributed by atoms with van der Waals surface area (Å²) in [4.78, 5) is 12.9. The molecule has 1 aliphatic rings. The van der Waals surface area contributed by atoms with Crippen LogP contribution in [-0.2, 0) is 31.6 Å². The van der Waals surface area contributed by atoms with Crippen LogP contribution in [0.3, 0.4) is 0 Å². The number of sulfonamides is 1. The van der Waals surface area contributed by atoms with Crippen LogP contribution in [0.4, 0.5) is 5.69 Å². The average molecular weight is 505 g/mol. The minimum atomic E-state index is -3.57. The molecular formula is C28H33NO5S. The number of methoxy groups -OCH3 is 2. The van der Waals surface area contributed by atoms with Crippen molar-refractivity contribution in [3.8, 4) is 5.75 Å². The minimum Gasteiger partial charge on any atom is -0.496 e. The molecule has 186 valence electrons. The number of carbonyl (C=O) groups is 1. The second-order valence-corrected chi connectivity index (χ2v) is 9.83. The Bertz CT molecular complexity index is 1580. The van der Waals surface area contributed by atoms with Gasteiger partial charge >= 0.3 is 0 Å². The van der Waals surface area contributed by atoms with Crippen molar-refractivity contribution in [1.29, 1.82) is 0 Å². The van der Waals surface area contributed by atoms with Crippen LogP contribution in [0.1, 0.15) is 67.1 Å². The molecule has 0 aromatic heterocycles. The van der Waals surface area contributed by atoms with Crippen LogP contribution in [0.15, 0.2) is 48.6 Å². The van der Waals surface area contributed by atoms with Crippen LogP contribution in [0.5, 0.6) is 5.75 Å². The van der Waals surface area contributed by atoms with Gasteiger partial charge in [0, 0.05) is 48.3 Å². The zero-order valence-corrected chi connectivity index (χ0v) is 20.5. The van der Waals surface area contributed by atoms with E-state index in [4.69, 9.17) is 21.8 Å². The lowest BCUT2D eigenvalue weighted by atomic mass is 9.82. The van der Waals surface area contributed by atoms with E-state index in [1.807, 2.05) is 0 Å². The molecule has 3 rings (SSSR count). The van der Waals surface area contributed by atoms with Gasteiger partial charge in [-0.15, -0.1) is 0 Å². The zero-order valence-electron chi connectivity index (χ0n) is 28.6. The largest absolute Gasteiger partial charge is 0.496 e. The van der Waals surface area contributed by atoms with Crippen molar-refractivity contribution >= 4 is 39.2 Å². The van der Waals surface area contributed by atoms with Gasteiger partial charge < -0.3 is 9.47 Å². The van der Waals surface area contributed by atoms with Crippen molar-refractivity contribution in [3.63, 3.8) is 0 Å². The van der Waals surface area contributed by atoms with Crippen molar-refractivity contribution in [2.75, 3.05) is 25.2 Å². The van der Waals surface area contributed by atoms with E-state index >= 15 is 0 Å². The lowest BCUT2D eigenvalue weighted by Crippen LogP contribution is -2.15. The molecule has 0 spiro atoms. The van der Waals surface area contributed by atoms with Gasteiger partial charge in [0.05, 0.1) is 20.0 Å². The number of ether oxygens (including phenoxy) is 2. The normalized spacial score (nSPS) is 19.2. The Morgan fingerprint density at radius 1 is 1.11 bits per heavy atom. The Morgan fingerprint density at radius 2 is 1.86 bits per heavy atom. The number of ketones is 1. The van der Waals surface area contributed by atoms with Crippen LogP contribution in [-0.4, -0.2) is 34.7 Å². The van der Waals surface area contributed by atoms with Gasteiger partial charge in [0.25, 0.3) is 0 Å². The third kappa shape index (κ3) is 6.71. The molecule has 2 aromatic rings. The number of nitrogens with one attached hydrogen (secondary N) is 1. The molecule has 6 nitrogen and oxygen atoms in total. The molecule has 1 N–H and O–H groups in total. The molecular weight excluding hydrogens is 462 g/mol. The number of anilines is 1. The van der Waals surface area contributed by atoms with Crippen molar-refractivity contribution in [2.24, 2.45) is 0 Å². The maximum atomic E-state index is 12.9. The van der Waals surface area contributed by atoms with Crippen molar-refractivity contribution < 1.29 is 35.0 Å². The first kappa shape index (κ1) is 16.5. The third-order valence-corrected chi connectivity index (χ3v) is 5.83. The monoisotopic (exact) mass is 504 g/mol. The van der Waals surface area contributed by atoms with Gasteiger partial charge in [0.2, 0.25) is 10.0 Å². The van der Waals surface area contributed by atoms with Gasteiger partial charge in [-0.2, -0.15) is 0 Å². The van der Waals surface area contributed by atoms with Crippen molar-refractivity contribution in [1.82, 2.24) is 0 Å². The molecule has 7 heteroatoms. The molecule has 0 fully saturated rings. The van der Waals surface area contributed by atoms with Gasteiger partial charge in [-0.25, -0.2) is 8.42 Å². The topological polar surface area (TPSA) is 81.7 Å². The number of hydrogen-bond acceptors (Lipinski definition) is 5. The molecule has 0 unspecified atom stereocenters. The Balaban J connectivity index is 2.42. The van der Waals surface area contributed by atoms with Gasteiger partial charge in [-0.05, 0) is 46.4 Å². The van der Waals surface area contributed by atoms with E-state index in [9.17, 15) is 13.2 Å². The highest BCUT2D eigenvalue weighted by atomic mass is 32.2. The average Bonchev–Trinajstić information content (AvgIpc) is 2.85. The van der Waals surface area contributed by atoms with Crippen LogP contribution >= 0.6 is 0 Å². The lowest BCUT2D eigenvalue weighted by molar-refractivity contribution is -0.113. The van der Waals surface area contributed by atoms with Crippen LogP contribution in [0.2, 0.25) is 0 Å². The first-order chi connectivity index (χ1) is 20.2. The predicted molar refractivity (Wildman–Crippen MR) is 143 cm³/mol. The summed E-state index contributed by atoms with van der Waals surface area (Å²) < 4.78 is 111. The van der Waals surface area contributed by atoms with E-state index in [2.05, 4.69) is 4.72 Å². The zero-order chi connectivity index (χ0) is 33.3. The van der Waals surface area contributed by atoms with E-state index < -0.39 is 41.6 Å². The van der Waals surface area contributed by atoms with Gasteiger partial charge in [-0.1, -0.05) is 57.0 Å².